The van der Waals surface area contributed by atoms with Crippen LogP contribution >= 0.6 is 0 Å². The number of aliphatic hydroxyl groups excluding tert-OH is 2. The van der Waals surface area contributed by atoms with Gasteiger partial charge in [0.15, 0.2) is 0 Å². The van der Waals surface area contributed by atoms with Crippen molar-refractivity contribution in [2.24, 2.45) is 0 Å². The fourth-order valence-corrected chi connectivity index (χ4v) is 3.08. The second-order valence-electron chi connectivity index (χ2n) is 4.02. The molecule has 6 heteroatoms. The molecular formula is C14H19NO4S. The summed E-state index contributed by atoms with van der Waals surface area (Å²) < 4.78 is 25.8. The van der Waals surface area contributed by atoms with Crippen LogP contribution in [0.1, 0.15) is 18.9 Å². The minimum absolute atomic E-state index is 0.00603. The normalized spacial score (nSPS) is 11.2. The van der Waals surface area contributed by atoms with E-state index < -0.39 is 10.0 Å². The fourth-order valence-electron chi connectivity index (χ4n) is 1.64. The monoisotopic (exact) mass is 297 g/mol. The number of nitrogens with zero attached hydrogens (tertiary/aromatic N) is 1. The van der Waals surface area contributed by atoms with Crippen LogP contribution in [0.2, 0.25) is 0 Å². The first-order valence-electron chi connectivity index (χ1n) is 6.37. The van der Waals surface area contributed by atoms with Gasteiger partial charge < -0.3 is 10.2 Å². The summed E-state index contributed by atoms with van der Waals surface area (Å²) >= 11 is 0. The van der Waals surface area contributed by atoms with E-state index in [1.807, 2.05) is 0 Å². The number of likely N-dealkylation sites (N-methyl/N-ethyl adjacent to an activating group) is 1. The summed E-state index contributed by atoms with van der Waals surface area (Å²) in [4.78, 5) is 0.181. The largest absolute Gasteiger partial charge is 0.395 e. The smallest absolute Gasteiger partial charge is 0.243 e. The van der Waals surface area contributed by atoms with E-state index in [0.29, 0.717) is 18.5 Å². The molecule has 110 valence electrons. The highest BCUT2D eigenvalue weighted by molar-refractivity contribution is 7.89. The Morgan fingerprint density at radius 2 is 1.80 bits per heavy atom. The van der Waals surface area contributed by atoms with Gasteiger partial charge in [0.2, 0.25) is 10.0 Å². The van der Waals surface area contributed by atoms with Crippen LogP contribution in [-0.2, 0) is 10.0 Å². The minimum atomic E-state index is -3.57. The van der Waals surface area contributed by atoms with Crippen molar-refractivity contribution in [2.45, 2.75) is 18.2 Å². The molecule has 0 spiro atoms. The van der Waals surface area contributed by atoms with E-state index in [1.54, 1.807) is 19.1 Å². The van der Waals surface area contributed by atoms with Crippen LogP contribution in [0.4, 0.5) is 0 Å². The molecule has 1 aromatic carbocycles. The highest BCUT2D eigenvalue weighted by atomic mass is 32.2. The molecular weight excluding hydrogens is 278 g/mol. The van der Waals surface area contributed by atoms with Crippen molar-refractivity contribution in [3.05, 3.63) is 29.8 Å². The van der Waals surface area contributed by atoms with Gasteiger partial charge in [-0.15, -0.1) is 0 Å². The number of benzene rings is 1. The number of sulfonamides is 1. The first-order valence-corrected chi connectivity index (χ1v) is 7.81. The molecule has 0 aromatic heterocycles. The number of aliphatic hydroxyl groups is 2. The van der Waals surface area contributed by atoms with Gasteiger partial charge in [-0.25, -0.2) is 8.42 Å². The molecule has 0 saturated heterocycles. The Morgan fingerprint density at radius 1 is 1.15 bits per heavy atom. The zero-order valence-electron chi connectivity index (χ0n) is 11.4. The topological polar surface area (TPSA) is 77.8 Å². The van der Waals surface area contributed by atoms with E-state index in [9.17, 15) is 8.42 Å². The standard InChI is InChI=1S/C14H19NO4S/c1-2-15(10-12-17)20(18,19)14-8-6-13(7-9-14)5-3-4-11-16/h6-9,16-17H,2,4,10-12H2,1H3. The molecule has 2 N–H and O–H groups in total. The highest BCUT2D eigenvalue weighted by Gasteiger charge is 2.22. The minimum Gasteiger partial charge on any atom is -0.395 e. The third-order valence-corrected chi connectivity index (χ3v) is 4.65. The first-order chi connectivity index (χ1) is 9.56. The third-order valence-electron chi connectivity index (χ3n) is 2.66. The van der Waals surface area contributed by atoms with Gasteiger partial charge in [-0.05, 0) is 24.3 Å². The predicted molar refractivity (Wildman–Crippen MR) is 76.5 cm³/mol. The average molecular weight is 297 g/mol. The molecule has 0 aliphatic heterocycles. The van der Waals surface area contributed by atoms with E-state index in [4.69, 9.17) is 10.2 Å². The Bertz CT molecular complexity index is 569. The van der Waals surface area contributed by atoms with Crippen molar-refractivity contribution in [2.75, 3.05) is 26.3 Å². The molecule has 0 aliphatic rings. The zero-order chi connectivity index (χ0) is 15.0. The Kier molecular flexibility index (Phi) is 6.68. The molecule has 1 aromatic rings. The Morgan fingerprint density at radius 3 is 2.30 bits per heavy atom. The summed E-state index contributed by atoms with van der Waals surface area (Å²) in [5.41, 5.74) is 0.697. The number of hydrogen-bond acceptors (Lipinski definition) is 4. The maximum atomic E-state index is 12.3. The third kappa shape index (κ3) is 4.32. The lowest BCUT2D eigenvalue weighted by Crippen LogP contribution is -2.33. The van der Waals surface area contributed by atoms with Crippen molar-refractivity contribution in [3.8, 4) is 11.8 Å². The number of rotatable bonds is 6. The molecule has 20 heavy (non-hydrogen) atoms. The lowest BCUT2D eigenvalue weighted by Gasteiger charge is -2.19. The van der Waals surface area contributed by atoms with Crippen molar-refractivity contribution < 1.29 is 18.6 Å². The van der Waals surface area contributed by atoms with Gasteiger partial charge >= 0.3 is 0 Å². The summed E-state index contributed by atoms with van der Waals surface area (Å²) in [6.07, 6.45) is 0.389. The molecule has 0 amide bonds. The summed E-state index contributed by atoms with van der Waals surface area (Å²) in [6.45, 7) is 1.91. The van der Waals surface area contributed by atoms with E-state index in [2.05, 4.69) is 11.8 Å². The van der Waals surface area contributed by atoms with Crippen LogP contribution in [0.5, 0.6) is 0 Å². The molecule has 1 rings (SSSR count). The zero-order valence-corrected chi connectivity index (χ0v) is 12.2. The summed E-state index contributed by atoms with van der Waals surface area (Å²) in [5.74, 6) is 5.61. The molecule has 5 nitrogen and oxygen atoms in total. The van der Waals surface area contributed by atoms with Gasteiger partial charge in [0.25, 0.3) is 0 Å². The summed E-state index contributed by atoms with van der Waals surface area (Å²) in [5, 5.41) is 17.5. The van der Waals surface area contributed by atoms with Crippen molar-refractivity contribution in [1.29, 1.82) is 0 Å². The van der Waals surface area contributed by atoms with Gasteiger partial charge in [0.05, 0.1) is 18.1 Å². The van der Waals surface area contributed by atoms with Crippen LogP contribution in [0.3, 0.4) is 0 Å². The van der Waals surface area contributed by atoms with Gasteiger partial charge in [0.1, 0.15) is 0 Å². The molecule has 0 radical (unpaired) electrons. The molecule has 0 aliphatic carbocycles. The lowest BCUT2D eigenvalue weighted by atomic mass is 10.2. The Hall–Kier alpha value is -1.39. The van der Waals surface area contributed by atoms with Crippen molar-refractivity contribution >= 4 is 10.0 Å². The van der Waals surface area contributed by atoms with Crippen LogP contribution in [0.25, 0.3) is 0 Å². The van der Waals surface area contributed by atoms with E-state index in [1.165, 1.54) is 16.4 Å². The second-order valence-corrected chi connectivity index (χ2v) is 5.96. The molecule has 0 unspecified atom stereocenters. The van der Waals surface area contributed by atoms with Crippen molar-refractivity contribution in [1.82, 2.24) is 4.31 Å². The van der Waals surface area contributed by atoms with Gasteiger partial charge in [-0.3, -0.25) is 0 Å². The molecule has 0 bridgehead atoms. The number of hydrogen-bond donors (Lipinski definition) is 2. The van der Waals surface area contributed by atoms with Crippen molar-refractivity contribution in [3.63, 3.8) is 0 Å². The SMILES string of the molecule is CCN(CCO)S(=O)(=O)c1ccc(C#CCCO)cc1. The molecule has 0 saturated carbocycles. The van der Waals surface area contributed by atoms with Crippen LogP contribution in [0, 0.1) is 11.8 Å². The Balaban J connectivity index is 2.95. The van der Waals surface area contributed by atoms with Gasteiger partial charge in [0, 0.05) is 25.1 Å². The molecule has 0 heterocycles. The van der Waals surface area contributed by atoms with Crippen LogP contribution < -0.4 is 0 Å². The second kappa shape index (κ2) is 8.02. The predicted octanol–water partition coefficient (Wildman–Crippen LogP) is 0.423. The molecule has 0 atom stereocenters. The van der Waals surface area contributed by atoms with E-state index in [0.717, 1.165) is 0 Å². The molecule has 0 fully saturated rings. The quantitative estimate of drug-likeness (QED) is 0.746. The van der Waals surface area contributed by atoms with Gasteiger partial charge in [-0.1, -0.05) is 18.8 Å². The fraction of sp³-hybridized carbons (Fsp3) is 0.429. The van der Waals surface area contributed by atoms with E-state index in [-0.39, 0.29) is 24.7 Å². The van der Waals surface area contributed by atoms with Crippen LogP contribution in [0.15, 0.2) is 29.2 Å². The van der Waals surface area contributed by atoms with Crippen LogP contribution in [-0.4, -0.2) is 49.2 Å². The van der Waals surface area contributed by atoms with Gasteiger partial charge in [-0.2, -0.15) is 4.31 Å². The first kappa shape index (κ1) is 16.7. The summed E-state index contributed by atoms with van der Waals surface area (Å²) in [6, 6.07) is 6.25. The van der Waals surface area contributed by atoms with E-state index >= 15 is 0 Å². The average Bonchev–Trinajstić information content (AvgIpc) is 2.45. The highest BCUT2D eigenvalue weighted by Crippen LogP contribution is 2.15. The summed E-state index contributed by atoms with van der Waals surface area (Å²) in [7, 11) is -3.57. The maximum Gasteiger partial charge on any atom is 0.243 e. The lowest BCUT2D eigenvalue weighted by molar-refractivity contribution is 0.257. The maximum absolute atomic E-state index is 12.3. The Labute approximate surface area is 119 Å².